The first-order valence-electron chi connectivity index (χ1n) is 5.71. The van der Waals surface area contributed by atoms with Crippen molar-refractivity contribution in [1.82, 2.24) is 0 Å². The lowest BCUT2D eigenvalue weighted by Gasteiger charge is -2.26. The zero-order valence-electron chi connectivity index (χ0n) is 11.1. The summed E-state index contributed by atoms with van der Waals surface area (Å²) < 4.78 is 0. The molecule has 1 atom stereocenters. The summed E-state index contributed by atoms with van der Waals surface area (Å²) >= 11 is 0. The SMILES string of the molecule is C=C(C)C(=C)C(CC)C(=C)CC(C)(C)C. The zero-order valence-corrected chi connectivity index (χ0v) is 11.1. The van der Waals surface area contributed by atoms with E-state index in [-0.39, 0.29) is 0 Å². The van der Waals surface area contributed by atoms with E-state index in [1.54, 1.807) is 0 Å². The molecule has 0 N–H and O–H groups in total. The minimum Gasteiger partial charge on any atom is -0.0992 e. The zero-order chi connectivity index (χ0) is 12.2. The average Bonchev–Trinajstić information content (AvgIpc) is 2.01. The fraction of sp³-hybridized carbons (Fsp3) is 0.600. The molecule has 0 aromatic heterocycles. The maximum absolute atomic E-state index is 4.21. The van der Waals surface area contributed by atoms with Gasteiger partial charge in [0, 0.05) is 5.92 Å². The highest BCUT2D eigenvalue weighted by atomic mass is 14.2. The molecule has 0 nitrogen and oxygen atoms in total. The summed E-state index contributed by atoms with van der Waals surface area (Å²) in [5, 5.41) is 0. The molecule has 0 saturated heterocycles. The molecule has 0 aliphatic rings. The molecule has 0 aromatic rings. The lowest BCUT2D eigenvalue weighted by atomic mass is 9.79. The quantitative estimate of drug-likeness (QED) is 0.432. The van der Waals surface area contributed by atoms with E-state index in [4.69, 9.17) is 0 Å². The van der Waals surface area contributed by atoms with Crippen molar-refractivity contribution in [2.24, 2.45) is 11.3 Å². The lowest BCUT2D eigenvalue weighted by molar-refractivity contribution is 0.393. The van der Waals surface area contributed by atoms with Crippen LogP contribution in [0.2, 0.25) is 0 Å². The highest BCUT2D eigenvalue weighted by Crippen LogP contribution is 2.33. The smallest absolute Gasteiger partial charge is 0.00396 e. The van der Waals surface area contributed by atoms with Crippen molar-refractivity contribution < 1.29 is 0 Å². The number of rotatable bonds is 5. The van der Waals surface area contributed by atoms with Gasteiger partial charge >= 0.3 is 0 Å². The lowest BCUT2D eigenvalue weighted by Crippen LogP contribution is -2.13. The molecule has 0 aliphatic heterocycles. The maximum atomic E-state index is 4.21. The molecule has 15 heavy (non-hydrogen) atoms. The first-order chi connectivity index (χ1) is 6.69. The second-order valence-corrected chi connectivity index (χ2v) is 5.66. The summed E-state index contributed by atoms with van der Waals surface area (Å²) in [5.74, 6) is 0.404. The standard InChI is InChI=1S/C15H26/c1-9-14(13(5)11(2)3)12(4)10-15(6,7)8/h14H,2,4-5,9-10H2,1,3,6-8H3. The Balaban J connectivity index is 4.63. The summed E-state index contributed by atoms with van der Waals surface area (Å²) in [5.41, 5.74) is 3.82. The van der Waals surface area contributed by atoms with Crippen molar-refractivity contribution in [3.05, 3.63) is 36.5 Å². The molecule has 86 valence electrons. The van der Waals surface area contributed by atoms with Crippen LogP contribution in [0.25, 0.3) is 0 Å². The molecule has 0 aromatic carbocycles. The van der Waals surface area contributed by atoms with Gasteiger partial charge in [0.2, 0.25) is 0 Å². The Morgan fingerprint density at radius 1 is 1.13 bits per heavy atom. The molecule has 0 rings (SSSR count). The molecule has 0 heteroatoms. The number of allylic oxidation sites excluding steroid dienone is 3. The number of hydrogen-bond acceptors (Lipinski definition) is 0. The first kappa shape index (κ1) is 14.2. The molecule has 0 saturated carbocycles. The normalized spacial score (nSPS) is 13.4. The van der Waals surface area contributed by atoms with Crippen molar-refractivity contribution in [2.75, 3.05) is 0 Å². The van der Waals surface area contributed by atoms with E-state index < -0.39 is 0 Å². The Labute approximate surface area is 95.8 Å². The van der Waals surface area contributed by atoms with Crippen LogP contribution in [0.1, 0.15) is 47.5 Å². The van der Waals surface area contributed by atoms with Gasteiger partial charge in [0.15, 0.2) is 0 Å². The largest absolute Gasteiger partial charge is 0.0992 e. The van der Waals surface area contributed by atoms with Crippen LogP contribution in [0.15, 0.2) is 36.5 Å². The van der Waals surface area contributed by atoms with Crippen molar-refractivity contribution in [2.45, 2.75) is 47.5 Å². The van der Waals surface area contributed by atoms with Crippen LogP contribution < -0.4 is 0 Å². The van der Waals surface area contributed by atoms with Crippen LogP contribution >= 0.6 is 0 Å². The summed E-state index contributed by atoms with van der Waals surface area (Å²) in [6.07, 6.45) is 2.12. The van der Waals surface area contributed by atoms with Crippen molar-refractivity contribution in [1.29, 1.82) is 0 Å². The molecule has 0 fully saturated rings. The van der Waals surface area contributed by atoms with Gasteiger partial charge in [-0.1, -0.05) is 58.6 Å². The Morgan fingerprint density at radius 2 is 1.60 bits per heavy atom. The Morgan fingerprint density at radius 3 is 1.87 bits per heavy atom. The van der Waals surface area contributed by atoms with Gasteiger partial charge in [-0.25, -0.2) is 0 Å². The monoisotopic (exact) mass is 206 g/mol. The fourth-order valence-corrected chi connectivity index (χ4v) is 1.88. The third kappa shape index (κ3) is 5.01. The van der Waals surface area contributed by atoms with Crippen LogP contribution in [0.4, 0.5) is 0 Å². The van der Waals surface area contributed by atoms with E-state index in [0.717, 1.165) is 24.0 Å². The highest BCUT2D eigenvalue weighted by Gasteiger charge is 2.19. The summed E-state index contributed by atoms with van der Waals surface area (Å²) in [4.78, 5) is 0. The summed E-state index contributed by atoms with van der Waals surface area (Å²) in [7, 11) is 0. The molecule has 0 aliphatic carbocycles. The van der Waals surface area contributed by atoms with Crippen molar-refractivity contribution in [3.8, 4) is 0 Å². The van der Waals surface area contributed by atoms with Gasteiger partial charge in [0.05, 0.1) is 0 Å². The van der Waals surface area contributed by atoms with Crippen molar-refractivity contribution in [3.63, 3.8) is 0 Å². The van der Waals surface area contributed by atoms with Gasteiger partial charge in [-0.15, -0.1) is 0 Å². The van der Waals surface area contributed by atoms with Crippen LogP contribution in [-0.4, -0.2) is 0 Å². The second-order valence-electron chi connectivity index (χ2n) is 5.66. The molecule has 1 unspecified atom stereocenters. The van der Waals surface area contributed by atoms with Gasteiger partial charge in [0.25, 0.3) is 0 Å². The average molecular weight is 206 g/mol. The predicted octanol–water partition coefficient (Wildman–Crippen LogP) is 5.14. The van der Waals surface area contributed by atoms with Gasteiger partial charge in [-0.05, 0) is 30.8 Å². The summed E-state index contributed by atoms with van der Waals surface area (Å²) in [6.45, 7) is 23.2. The first-order valence-corrected chi connectivity index (χ1v) is 5.71. The summed E-state index contributed by atoms with van der Waals surface area (Å²) in [6, 6.07) is 0. The predicted molar refractivity (Wildman–Crippen MR) is 70.9 cm³/mol. The van der Waals surface area contributed by atoms with Crippen LogP contribution in [0.5, 0.6) is 0 Å². The molecule has 0 heterocycles. The number of hydrogen-bond donors (Lipinski definition) is 0. The van der Waals surface area contributed by atoms with Crippen LogP contribution in [0.3, 0.4) is 0 Å². The minimum atomic E-state index is 0.305. The Bertz CT molecular complexity index is 260. The Kier molecular flexibility index (Phi) is 5.07. The van der Waals surface area contributed by atoms with Gasteiger partial charge in [-0.3, -0.25) is 0 Å². The third-order valence-corrected chi connectivity index (χ3v) is 2.63. The molecule has 0 radical (unpaired) electrons. The molecule has 0 amide bonds. The third-order valence-electron chi connectivity index (χ3n) is 2.63. The maximum Gasteiger partial charge on any atom is 0.00396 e. The molecule has 0 bridgehead atoms. The molecular weight excluding hydrogens is 180 g/mol. The van der Waals surface area contributed by atoms with Crippen LogP contribution in [-0.2, 0) is 0 Å². The van der Waals surface area contributed by atoms with Crippen molar-refractivity contribution >= 4 is 0 Å². The molecular formula is C15H26. The topological polar surface area (TPSA) is 0 Å². The van der Waals surface area contributed by atoms with Crippen LogP contribution in [0, 0.1) is 11.3 Å². The molecule has 0 spiro atoms. The van der Waals surface area contributed by atoms with E-state index in [1.165, 1.54) is 5.57 Å². The van der Waals surface area contributed by atoms with E-state index in [2.05, 4.69) is 47.4 Å². The highest BCUT2D eigenvalue weighted by molar-refractivity contribution is 5.31. The van der Waals surface area contributed by atoms with E-state index in [0.29, 0.717) is 11.3 Å². The fourth-order valence-electron chi connectivity index (χ4n) is 1.88. The van der Waals surface area contributed by atoms with E-state index in [1.807, 2.05) is 6.92 Å². The second kappa shape index (κ2) is 5.34. The van der Waals surface area contributed by atoms with Gasteiger partial charge in [-0.2, -0.15) is 0 Å². The van der Waals surface area contributed by atoms with E-state index >= 15 is 0 Å². The Hall–Kier alpha value is -0.780. The van der Waals surface area contributed by atoms with E-state index in [9.17, 15) is 0 Å². The minimum absolute atomic E-state index is 0.305. The van der Waals surface area contributed by atoms with Gasteiger partial charge in [0.1, 0.15) is 0 Å². The van der Waals surface area contributed by atoms with Gasteiger partial charge < -0.3 is 0 Å².